The fraction of sp³-hybridized carbons (Fsp3) is 0.353. The van der Waals surface area contributed by atoms with Crippen LogP contribution in [0.2, 0.25) is 0 Å². The number of rotatable bonds is 6. The van der Waals surface area contributed by atoms with Crippen molar-refractivity contribution in [1.29, 1.82) is 0 Å². The van der Waals surface area contributed by atoms with E-state index in [4.69, 9.17) is 18.7 Å². The highest BCUT2D eigenvalue weighted by Gasteiger charge is 2.28. The quantitative estimate of drug-likeness (QED) is 0.806. The molecule has 0 fully saturated rings. The minimum absolute atomic E-state index is 0.0878. The van der Waals surface area contributed by atoms with E-state index in [1.807, 2.05) is 30.3 Å². The molecule has 0 aromatic carbocycles. The summed E-state index contributed by atoms with van der Waals surface area (Å²) >= 11 is 0. The molecule has 1 aliphatic rings. The smallest absolute Gasteiger partial charge is 0.152 e. The lowest BCUT2D eigenvalue weighted by atomic mass is 10.1. The first-order valence-electron chi connectivity index (χ1n) is 7.54. The molecule has 2 aromatic rings. The predicted octanol–water partition coefficient (Wildman–Crippen LogP) is 4.10. The second-order valence-electron chi connectivity index (χ2n) is 5.13. The van der Waals surface area contributed by atoms with E-state index in [0.29, 0.717) is 0 Å². The van der Waals surface area contributed by atoms with Crippen LogP contribution in [0.3, 0.4) is 0 Å². The Kier molecular flexibility index (Phi) is 4.44. The lowest BCUT2D eigenvalue weighted by Crippen LogP contribution is -2.35. The van der Waals surface area contributed by atoms with Gasteiger partial charge < -0.3 is 8.83 Å². The Balaban J connectivity index is 1.99. The Morgan fingerprint density at radius 3 is 2.50 bits per heavy atom. The summed E-state index contributed by atoms with van der Waals surface area (Å²) in [6, 6.07) is 7.56. The monoisotopic (exact) mass is 300 g/mol. The zero-order valence-corrected chi connectivity index (χ0v) is 12.9. The van der Waals surface area contributed by atoms with Gasteiger partial charge in [-0.15, -0.1) is 0 Å². The molecule has 0 saturated heterocycles. The molecule has 0 spiro atoms. The van der Waals surface area contributed by atoms with Gasteiger partial charge in [-0.05, 0) is 43.2 Å². The van der Waals surface area contributed by atoms with Gasteiger partial charge in [-0.1, -0.05) is 13.3 Å². The molecule has 0 saturated carbocycles. The van der Waals surface area contributed by atoms with Crippen LogP contribution in [-0.2, 0) is 4.84 Å². The third-order valence-electron chi connectivity index (χ3n) is 3.63. The first kappa shape index (κ1) is 14.7. The average Bonchev–Trinajstić information content (AvgIpc) is 3.24. The van der Waals surface area contributed by atoms with Gasteiger partial charge in [-0.2, -0.15) is 0 Å². The summed E-state index contributed by atoms with van der Waals surface area (Å²) < 4.78 is 11.0. The van der Waals surface area contributed by atoms with E-state index in [-0.39, 0.29) is 6.17 Å². The van der Waals surface area contributed by atoms with Crippen molar-refractivity contribution in [2.45, 2.75) is 32.4 Å². The number of hydrogen-bond donors (Lipinski definition) is 0. The zero-order valence-electron chi connectivity index (χ0n) is 12.9. The van der Waals surface area contributed by atoms with Gasteiger partial charge in [0.2, 0.25) is 0 Å². The molecule has 22 heavy (non-hydrogen) atoms. The number of aliphatic imine (C=N–C) groups is 1. The molecule has 116 valence electrons. The molecular formula is C17H20N2O3. The van der Waals surface area contributed by atoms with E-state index in [9.17, 15) is 0 Å². The maximum atomic E-state index is 5.57. The van der Waals surface area contributed by atoms with Crippen molar-refractivity contribution < 1.29 is 13.7 Å². The van der Waals surface area contributed by atoms with Crippen molar-refractivity contribution >= 4 is 11.4 Å². The first-order valence-corrected chi connectivity index (χ1v) is 7.54. The van der Waals surface area contributed by atoms with Crippen molar-refractivity contribution in [3.8, 4) is 0 Å². The van der Waals surface area contributed by atoms with Crippen molar-refractivity contribution in [1.82, 2.24) is 5.06 Å². The summed E-state index contributed by atoms with van der Waals surface area (Å²) in [6.07, 6.45) is 8.25. The van der Waals surface area contributed by atoms with Gasteiger partial charge in [-0.3, -0.25) is 9.83 Å². The van der Waals surface area contributed by atoms with Crippen LogP contribution in [0.5, 0.6) is 0 Å². The van der Waals surface area contributed by atoms with Crippen LogP contribution in [0.1, 0.15) is 37.7 Å². The lowest BCUT2D eigenvalue weighted by Gasteiger charge is -2.32. The Labute approximate surface area is 129 Å². The molecule has 0 aliphatic carbocycles. The normalized spacial score (nSPS) is 18.3. The molecule has 0 N–H and O–H groups in total. The SMILES string of the molecule is CCCCC1N=C(c2ccco2)C=C(c2ccco2)N1OC. The Morgan fingerprint density at radius 2 is 1.91 bits per heavy atom. The Morgan fingerprint density at radius 1 is 1.18 bits per heavy atom. The maximum absolute atomic E-state index is 5.57. The highest BCUT2D eigenvalue weighted by atomic mass is 16.7. The topological polar surface area (TPSA) is 51.1 Å². The van der Waals surface area contributed by atoms with Crippen LogP contribution >= 0.6 is 0 Å². The van der Waals surface area contributed by atoms with Crippen LogP contribution in [-0.4, -0.2) is 24.1 Å². The molecule has 1 unspecified atom stereocenters. The van der Waals surface area contributed by atoms with Gasteiger partial charge in [0.25, 0.3) is 0 Å². The molecule has 3 rings (SSSR count). The van der Waals surface area contributed by atoms with Crippen molar-refractivity contribution in [2.75, 3.05) is 7.11 Å². The number of hydroxylamine groups is 2. The van der Waals surface area contributed by atoms with Gasteiger partial charge in [0.15, 0.2) is 11.5 Å². The fourth-order valence-corrected chi connectivity index (χ4v) is 2.56. The summed E-state index contributed by atoms with van der Waals surface area (Å²) in [7, 11) is 1.66. The molecule has 0 radical (unpaired) electrons. The number of allylic oxidation sites excluding steroid dienone is 1. The molecule has 3 heterocycles. The molecule has 5 heteroatoms. The average molecular weight is 300 g/mol. The summed E-state index contributed by atoms with van der Waals surface area (Å²) in [4.78, 5) is 10.4. The second kappa shape index (κ2) is 6.66. The Hall–Kier alpha value is -2.27. The molecule has 1 aliphatic heterocycles. The molecule has 2 aromatic heterocycles. The third-order valence-corrected chi connectivity index (χ3v) is 3.63. The van der Waals surface area contributed by atoms with Crippen molar-refractivity contribution in [3.05, 3.63) is 54.4 Å². The summed E-state index contributed by atoms with van der Waals surface area (Å²) in [6.45, 7) is 2.17. The van der Waals surface area contributed by atoms with E-state index in [1.165, 1.54) is 0 Å². The second-order valence-corrected chi connectivity index (χ2v) is 5.13. The van der Waals surface area contributed by atoms with E-state index in [0.717, 1.165) is 42.2 Å². The summed E-state index contributed by atoms with van der Waals surface area (Å²) in [5, 5.41) is 1.81. The number of nitrogens with zero attached hydrogens (tertiary/aromatic N) is 2. The van der Waals surface area contributed by atoms with E-state index in [2.05, 4.69) is 6.92 Å². The maximum Gasteiger partial charge on any atom is 0.152 e. The Bertz CT molecular complexity index is 642. The predicted molar refractivity (Wildman–Crippen MR) is 84.1 cm³/mol. The van der Waals surface area contributed by atoms with Gasteiger partial charge in [-0.25, -0.2) is 5.06 Å². The fourth-order valence-electron chi connectivity index (χ4n) is 2.56. The van der Waals surface area contributed by atoms with E-state index >= 15 is 0 Å². The van der Waals surface area contributed by atoms with Crippen LogP contribution in [0.4, 0.5) is 0 Å². The third kappa shape index (κ3) is 2.85. The van der Waals surface area contributed by atoms with Crippen LogP contribution < -0.4 is 0 Å². The first-order chi connectivity index (χ1) is 10.8. The molecular weight excluding hydrogens is 280 g/mol. The zero-order chi connectivity index (χ0) is 15.4. The van der Waals surface area contributed by atoms with Crippen molar-refractivity contribution in [2.24, 2.45) is 4.99 Å². The molecule has 1 atom stereocenters. The highest BCUT2D eigenvalue weighted by Crippen LogP contribution is 2.30. The molecule has 0 amide bonds. The van der Waals surface area contributed by atoms with Crippen molar-refractivity contribution in [3.63, 3.8) is 0 Å². The van der Waals surface area contributed by atoms with Gasteiger partial charge >= 0.3 is 0 Å². The van der Waals surface area contributed by atoms with Gasteiger partial charge in [0.1, 0.15) is 17.6 Å². The van der Waals surface area contributed by atoms with Crippen LogP contribution in [0.15, 0.2) is 56.7 Å². The molecule has 0 bridgehead atoms. The molecule has 5 nitrogen and oxygen atoms in total. The summed E-state index contributed by atoms with van der Waals surface area (Å²) in [5.41, 5.74) is 1.67. The number of furan rings is 2. The van der Waals surface area contributed by atoms with Gasteiger partial charge in [0.05, 0.1) is 19.6 Å². The number of unbranched alkanes of at least 4 members (excludes halogenated alkanes) is 1. The minimum atomic E-state index is -0.0878. The standard InChI is InChI=1S/C17H20N2O3/c1-3-4-9-17-18-13(15-7-5-10-21-15)12-14(19(17)20-2)16-8-6-11-22-16/h5-8,10-12,17H,3-4,9H2,1-2H3. The summed E-state index contributed by atoms with van der Waals surface area (Å²) in [5.74, 6) is 1.50. The lowest BCUT2D eigenvalue weighted by molar-refractivity contribution is -0.110. The largest absolute Gasteiger partial charge is 0.463 e. The van der Waals surface area contributed by atoms with E-state index in [1.54, 1.807) is 24.7 Å². The van der Waals surface area contributed by atoms with Crippen LogP contribution in [0.25, 0.3) is 5.70 Å². The highest BCUT2D eigenvalue weighted by molar-refractivity contribution is 6.11. The van der Waals surface area contributed by atoms with Crippen LogP contribution in [0, 0.1) is 0 Å². The minimum Gasteiger partial charge on any atom is -0.463 e. The van der Waals surface area contributed by atoms with E-state index < -0.39 is 0 Å². The van der Waals surface area contributed by atoms with Gasteiger partial charge in [0, 0.05) is 0 Å². The number of hydrogen-bond acceptors (Lipinski definition) is 5.